The van der Waals surface area contributed by atoms with Crippen molar-refractivity contribution in [3.63, 3.8) is 0 Å². The van der Waals surface area contributed by atoms with Crippen molar-refractivity contribution in [2.75, 3.05) is 31.3 Å². The molecular formula is C14H20N4OS2. The summed E-state index contributed by atoms with van der Waals surface area (Å²) in [6.07, 6.45) is 3.64. The van der Waals surface area contributed by atoms with Crippen LogP contribution in [0, 0.1) is 12.3 Å². The number of aromatic nitrogens is 2. The molecule has 0 spiro atoms. The first-order chi connectivity index (χ1) is 10.1. The number of aryl methyl sites for hydroxylation is 1. The van der Waals surface area contributed by atoms with E-state index in [1.165, 1.54) is 24.4 Å². The standard InChI is InChI=1S/C14H20N4OS2/c1-9-7-20-13(17-9)10-11(15)18-21-12(10)16-8-14(3-4-14)5-6-19-2/h7,16H,3-6,8H2,1-2H3,(H2,15,18). The molecule has 0 atom stereocenters. The van der Waals surface area contributed by atoms with Gasteiger partial charge in [0.1, 0.15) is 15.8 Å². The van der Waals surface area contributed by atoms with Gasteiger partial charge >= 0.3 is 0 Å². The van der Waals surface area contributed by atoms with Crippen LogP contribution >= 0.6 is 22.9 Å². The van der Waals surface area contributed by atoms with Crippen LogP contribution in [0.2, 0.25) is 0 Å². The first kappa shape index (κ1) is 14.7. The fourth-order valence-corrected chi connectivity index (χ4v) is 4.01. The van der Waals surface area contributed by atoms with E-state index in [2.05, 4.69) is 14.7 Å². The van der Waals surface area contributed by atoms with Crippen molar-refractivity contribution in [1.29, 1.82) is 0 Å². The van der Waals surface area contributed by atoms with Crippen molar-refractivity contribution >= 4 is 33.7 Å². The monoisotopic (exact) mass is 324 g/mol. The van der Waals surface area contributed by atoms with Crippen molar-refractivity contribution in [3.05, 3.63) is 11.1 Å². The smallest absolute Gasteiger partial charge is 0.149 e. The third-order valence-corrected chi connectivity index (χ3v) is 5.77. The van der Waals surface area contributed by atoms with Gasteiger partial charge < -0.3 is 15.8 Å². The number of nitrogens with one attached hydrogen (secondary N) is 1. The maximum atomic E-state index is 6.02. The van der Waals surface area contributed by atoms with Crippen molar-refractivity contribution in [3.8, 4) is 10.6 Å². The average Bonchev–Trinajstić information content (AvgIpc) is 2.97. The molecule has 0 amide bonds. The number of hydrogen-bond acceptors (Lipinski definition) is 7. The Hall–Kier alpha value is -1.18. The van der Waals surface area contributed by atoms with E-state index in [4.69, 9.17) is 10.5 Å². The van der Waals surface area contributed by atoms with Gasteiger partial charge in [0, 0.05) is 31.3 Å². The average molecular weight is 324 g/mol. The largest absolute Gasteiger partial charge is 0.385 e. The maximum Gasteiger partial charge on any atom is 0.149 e. The zero-order valence-corrected chi connectivity index (χ0v) is 13.9. The van der Waals surface area contributed by atoms with Crippen molar-refractivity contribution < 1.29 is 4.74 Å². The number of ether oxygens (including phenoxy) is 1. The highest BCUT2D eigenvalue weighted by molar-refractivity contribution is 7.15. The normalized spacial score (nSPS) is 16.1. The number of nitrogens with two attached hydrogens (primary N) is 1. The molecule has 0 unspecified atom stereocenters. The summed E-state index contributed by atoms with van der Waals surface area (Å²) < 4.78 is 9.49. The van der Waals surface area contributed by atoms with Gasteiger partial charge in [-0.05, 0) is 43.1 Å². The van der Waals surface area contributed by atoms with Crippen molar-refractivity contribution in [2.45, 2.75) is 26.2 Å². The molecule has 0 radical (unpaired) electrons. The molecule has 1 aliphatic carbocycles. The van der Waals surface area contributed by atoms with E-state index < -0.39 is 0 Å². The SMILES string of the molecule is COCCC1(CNc2snc(N)c2-c2nc(C)cs2)CC1. The summed E-state index contributed by atoms with van der Waals surface area (Å²) in [4.78, 5) is 4.53. The second-order valence-electron chi connectivity index (χ2n) is 5.66. The Bertz CT molecular complexity index is 618. The highest BCUT2D eigenvalue weighted by Gasteiger charge is 2.42. The molecule has 3 rings (SSSR count). The molecule has 0 aromatic carbocycles. The fraction of sp³-hybridized carbons (Fsp3) is 0.571. The van der Waals surface area contributed by atoms with Gasteiger partial charge in [0.25, 0.3) is 0 Å². The van der Waals surface area contributed by atoms with Gasteiger partial charge in [0.05, 0.1) is 5.56 Å². The van der Waals surface area contributed by atoms with Crippen LogP contribution in [-0.2, 0) is 4.74 Å². The lowest BCUT2D eigenvalue weighted by Gasteiger charge is -2.15. The first-order valence-electron chi connectivity index (χ1n) is 7.04. The summed E-state index contributed by atoms with van der Waals surface area (Å²) in [6, 6.07) is 0. The second-order valence-corrected chi connectivity index (χ2v) is 7.29. The maximum absolute atomic E-state index is 6.02. The predicted octanol–water partition coefficient (Wildman–Crippen LogP) is 3.39. The minimum absolute atomic E-state index is 0.394. The van der Waals surface area contributed by atoms with Gasteiger partial charge in [-0.1, -0.05) is 0 Å². The van der Waals surface area contributed by atoms with Crippen molar-refractivity contribution in [2.24, 2.45) is 5.41 Å². The minimum Gasteiger partial charge on any atom is -0.385 e. The van der Waals surface area contributed by atoms with E-state index in [0.717, 1.165) is 40.8 Å². The molecule has 0 bridgehead atoms. The number of nitrogens with zero attached hydrogens (tertiary/aromatic N) is 2. The molecule has 7 heteroatoms. The zero-order chi connectivity index (χ0) is 14.9. The van der Waals surface area contributed by atoms with E-state index in [-0.39, 0.29) is 0 Å². The molecule has 3 N–H and O–H groups in total. The highest BCUT2D eigenvalue weighted by atomic mass is 32.1. The summed E-state index contributed by atoms with van der Waals surface area (Å²) in [5.41, 5.74) is 8.40. The van der Waals surface area contributed by atoms with Crippen LogP contribution in [-0.4, -0.2) is 29.6 Å². The van der Waals surface area contributed by atoms with Gasteiger partial charge in [-0.25, -0.2) is 4.98 Å². The van der Waals surface area contributed by atoms with Crippen LogP contribution < -0.4 is 11.1 Å². The third-order valence-electron chi connectivity index (χ3n) is 3.97. The Morgan fingerprint density at radius 1 is 1.48 bits per heavy atom. The molecule has 0 saturated heterocycles. The Kier molecular flexibility index (Phi) is 4.14. The van der Waals surface area contributed by atoms with Crippen LogP contribution in [0.15, 0.2) is 5.38 Å². The molecule has 21 heavy (non-hydrogen) atoms. The summed E-state index contributed by atoms with van der Waals surface area (Å²) >= 11 is 3.04. The Balaban J connectivity index is 1.72. The number of thiazole rings is 1. The van der Waals surface area contributed by atoms with E-state index >= 15 is 0 Å². The molecular weight excluding hydrogens is 304 g/mol. The summed E-state index contributed by atoms with van der Waals surface area (Å²) in [5.74, 6) is 0.568. The molecule has 2 aromatic rings. The van der Waals surface area contributed by atoms with Crippen LogP contribution in [0.4, 0.5) is 10.8 Å². The molecule has 1 fully saturated rings. The van der Waals surface area contributed by atoms with Crippen LogP contribution in [0.1, 0.15) is 25.0 Å². The molecule has 0 aliphatic heterocycles. The van der Waals surface area contributed by atoms with E-state index in [1.807, 2.05) is 12.3 Å². The summed E-state index contributed by atoms with van der Waals surface area (Å²) in [5, 5.41) is 7.56. The topological polar surface area (TPSA) is 73.1 Å². The van der Waals surface area contributed by atoms with Crippen LogP contribution in [0.25, 0.3) is 10.6 Å². The molecule has 2 aromatic heterocycles. The molecule has 5 nitrogen and oxygen atoms in total. The van der Waals surface area contributed by atoms with E-state index in [9.17, 15) is 0 Å². The van der Waals surface area contributed by atoms with Gasteiger partial charge in [0.2, 0.25) is 0 Å². The third kappa shape index (κ3) is 3.20. The summed E-state index contributed by atoms with van der Waals surface area (Å²) in [7, 11) is 1.76. The van der Waals surface area contributed by atoms with Gasteiger partial charge in [-0.2, -0.15) is 4.37 Å². The summed E-state index contributed by atoms with van der Waals surface area (Å²) in [6.45, 7) is 3.77. The highest BCUT2D eigenvalue weighted by Crippen LogP contribution is 2.49. The van der Waals surface area contributed by atoms with Crippen LogP contribution in [0.3, 0.4) is 0 Å². The molecule has 114 valence electrons. The molecule has 1 saturated carbocycles. The van der Waals surface area contributed by atoms with E-state index in [0.29, 0.717) is 11.2 Å². The minimum atomic E-state index is 0.394. The lowest BCUT2D eigenvalue weighted by atomic mass is 10.0. The van der Waals surface area contributed by atoms with Crippen LogP contribution in [0.5, 0.6) is 0 Å². The molecule has 2 heterocycles. The second kappa shape index (κ2) is 5.90. The van der Waals surface area contributed by atoms with E-state index in [1.54, 1.807) is 18.4 Å². The van der Waals surface area contributed by atoms with Gasteiger partial charge in [0.15, 0.2) is 0 Å². The van der Waals surface area contributed by atoms with Gasteiger partial charge in [-0.15, -0.1) is 11.3 Å². The Labute approximate surface area is 132 Å². The quantitative estimate of drug-likeness (QED) is 0.817. The fourth-order valence-electron chi connectivity index (χ4n) is 2.38. The van der Waals surface area contributed by atoms with Gasteiger partial charge in [-0.3, -0.25) is 0 Å². The Morgan fingerprint density at radius 3 is 2.90 bits per heavy atom. The number of methoxy groups -OCH3 is 1. The molecule has 1 aliphatic rings. The first-order valence-corrected chi connectivity index (χ1v) is 8.69. The number of hydrogen-bond donors (Lipinski definition) is 2. The lowest BCUT2D eigenvalue weighted by molar-refractivity contribution is 0.175. The lowest BCUT2D eigenvalue weighted by Crippen LogP contribution is -2.17. The Morgan fingerprint density at radius 2 is 2.29 bits per heavy atom. The predicted molar refractivity (Wildman–Crippen MR) is 89.0 cm³/mol. The number of rotatable bonds is 7. The number of nitrogen functional groups attached to an aromatic ring is 1. The number of anilines is 2. The zero-order valence-electron chi connectivity index (χ0n) is 12.3. The van der Waals surface area contributed by atoms with Crippen molar-refractivity contribution in [1.82, 2.24) is 9.36 Å².